The molecule has 0 spiro atoms. The van der Waals surface area contributed by atoms with E-state index in [1.807, 2.05) is 30.0 Å². The van der Waals surface area contributed by atoms with Crippen molar-refractivity contribution in [1.29, 1.82) is 0 Å². The Morgan fingerprint density at radius 2 is 2.18 bits per heavy atom. The molecule has 1 heterocycles. The van der Waals surface area contributed by atoms with Crippen LogP contribution < -0.4 is 5.32 Å². The summed E-state index contributed by atoms with van der Waals surface area (Å²) in [5.41, 5.74) is 1.20. The van der Waals surface area contributed by atoms with Gasteiger partial charge in [0.2, 0.25) is 5.91 Å². The minimum Gasteiger partial charge on any atom is -0.337 e. The van der Waals surface area contributed by atoms with Gasteiger partial charge in [-0.2, -0.15) is 0 Å². The van der Waals surface area contributed by atoms with E-state index in [-0.39, 0.29) is 11.9 Å². The van der Waals surface area contributed by atoms with Gasteiger partial charge in [-0.3, -0.25) is 4.79 Å². The fraction of sp³-hybridized carbons (Fsp3) is 0.500. The van der Waals surface area contributed by atoms with Crippen molar-refractivity contribution in [3.63, 3.8) is 0 Å². The number of hydrogen-bond acceptors (Lipinski definition) is 2. The lowest BCUT2D eigenvalue weighted by Crippen LogP contribution is -2.43. The Morgan fingerprint density at radius 3 is 2.76 bits per heavy atom. The lowest BCUT2D eigenvalue weighted by Gasteiger charge is -2.24. The summed E-state index contributed by atoms with van der Waals surface area (Å²) in [5, 5.41) is 3.27. The Hall–Kier alpha value is -1.35. The molecular weight excluding hydrogens is 212 g/mol. The van der Waals surface area contributed by atoms with E-state index in [0.29, 0.717) is 6.54 Å². The number of likely N-dealkylation sites (N-methyl/N-ethyl adjacent to an activating group) is 1. The molecule has 1 N–H and O–H groups in total. The lowest BCUT2D eigenvalue weighted by atomic mass is 10.1. The van der Waals surface area contributed by atoms with Gasteiger partial charge in [0.05, 0.1) is 6.04 Å². The predicted molar refractivity (Wildman–Crippen MR) is 68.6 cm³/mol. The fourth-order valence-electron chi connectivity index (χ4n) is 2.27. The van der Waals surface area contributed by atoms with Gasteiger partial charge < -0.3 is 10.2 Å². The summed E-state index contributed by atoms with van der Waals surface area (Å²) < 4.78 is 0. The van der Waals surface area contributed by atoms with E-state index >= 15 is 0 Å². The number of amides is 1. The highest BCUT2D eigenvalue weighted by atomic mass is 16.2. The van der Waals surface area contributed by atoms with E-state index in [1.165, 1.54) is 5.56 Å². The minimum absolute atomic E-state index is 0.0404. The Labute approximate surface area is 103 Å². The van der Waals surface area contributed by atoms with Crippen LogP contribution in [0.4, 0.5) is 0 Å². The van der Waals surface area contributed by atoms with Crippen LogP contribution in [0, 0.1) is 0 Å². The lowest BCUT2D eigenvalue weighted by molar-refractivity contribution is -0.133. The highest BCUT2D eigenvalue weighted by molar-refractivity contribution is 5.82. The van der Waals surface area contributed by atoms with Crippen molar-refractivity contribution in [2.75, 3.05) is 13.1 Å². The van der Waals surface area contributed by atoms with E-state index in [9.17, 15) is 4.79 Å². The van der Waals surface area contributed by atoms with Crippen LogP contribution in [0.3, 0.4) is 0 Å². The average molecular weight is 232 g/mol. The van der Waals surface area contributed by atoms with Gasteiger partial charge in [-0.1, -0.05) is 30.3 Å². The summed E-state index contributed by atoms with van der Waals surface area (Å²) in [6.07, 6.45) is 2.09. The Balaban J connectivity index is 1.98. The standard InChI is InChI=1S/C14H20N2O/c1-2-16(11-12-7-4-3-5-8-12)14(17)13-9-6-10-15-13/h3-5,7-8,13,15H,2,6,9-11H2,1H3. The van der Waals surface area contributed by atoms with Crippen molar-refractivity contribution >= 4 is 5.91 Å². The number of hydrogen-bond donors (Lipinski definition) is 1. The van der Waals surface area contributed by atoms with E-state index in [2.05, 4.69) is 17.4 Å². The van der Waals surface area contributed by atoms with Gasteiger partial charge in [-0.15, -0.1) is 0 Å². The predicted octanol–water partition coefficient (Wildman–Crippen LogP) is 1.79. The van der Waals surface area contributed by atoms with Crippen molar-refractivity contribution in [2.45, 2.75) is 32.4 Å². The van der Waals surface area contributed by atoms with Crippen LogP contribution >= 0.6 is 0 Å². The van der Waals surface area contributed by atoms with Gasteiger partial charge in [0.15, 0.2) is 0 Å². The average Bonchev–Trinajstić information content (AvgIpc) is 2.90. The molecule has 1 aromatic rings. The molecule has 3 nitrogen and oxygen atoms in total. The molecule has 1 amide bonds. The zero-order chi connectivity index (χ0) is 12.1. The maximum absolute atomic E-state index is 12.2. The van der Waals surface area contributed by atoms with Crippen LogP contribution in [0.25, 0.3) is 0 Å². The maximum atomic E-state index is 12.2. The zero-order valence-electron chi connectivity index (χ0n) is 10.4. The van der Waals surface area contributed by atoms with Gasteiger partial charge in [0.25, 0.3) is 0 Å². The third-order valence-electron chi connectivity index (χ3n) is 3.27. The molecule has 0 aliphatic carbocycles. The quantitative estimate of drug-likeness (QED) is 0.858. The number of rotatable bonds is 4. The number of nitrogens with zero attached hydrogens (tertiary/aromatic N) is 1. The van der Waals surface area contributed by atoms with Crippen molar-refractivity contribution in [3.8, 4) is 0 Å². The summed E-state index contributed by atoms with van der Waals surface area (Å²) >= 11 is 0. The van der Waals surface area contributed by atoms with Gasteiger partial charge in [0.1, 0.15) is 0 Å². The van der Waals surface area contributed by atoms with Crippen LogP contribution in [-0.2, 0) is 11.3 Å². The summed E-state index contributed by atoms with van der Waals surface area (Å²) in [6.45, 7) is 4.50. The second-order valence-corrected chi connectivity index (χ2v) is 4.49. The molecule has 17 heavy (non-hydrogen) atoms. The van der Waals surface area contributed by atoms with E-state index in [0.717, 1.165) is 25.9 Å². The monoisotopic (exact) mass is 232 g/mol. The second-order valence-electron chi connectivity index (χ2n) is 4.49. The van der Waals surface area contributed by atoms with E-state index in [1.54, 1.807) is 0 Å². The van der Waals surface area contributed by atoms with Gasteiger partial charge >= 0.3 is 0 Å². The first-order chi connectivity index (χ1) is 8.31. The van der Waals surface area contributed by atoms with Crippen molar-refractivity contribution < 1.29 is 4.79 Å². The third kappa shape index (κ3) is 3.07. The van der Waals surface area contributed by atoms with Crippen LogP contribution in [0.15, 0.2) is 30.3 Å². The largest absolute Gasteiger partial charge is 0.337 e. The molecule has 1 saturated heterocycles. The highest BCUT2D eigenvalue weighted by Crippen LogP contribution is 2.11. The summed E-state index contributed by atoms with van der Waals surface area (Å²) in [5.74, 6) is 0.244. The molecule has 0 aromatic heterocycles. The highest BCUT2D eigenvalue weighted by Gasteiger charge is 2.25. The van der Waals surface area contributed by atoms with Crippen LogP contribution in [-0.4, -0.2) is 29.9 Å². The van der Waals surface area contributed by atoms with Crippen molar-refractivity contribution in [1.82, 2.24) is 10.2 Å². The molecule has 1 fully saturated rings. The molecule has 1 aliphatic heterocycles. The Bertz CT molecular complexity index is 358. The summed E-state index contributed by atoms with van der Waals surface area (Å²) in [7, 11) is 0. The summed E-state index contributed by atoms with van der Waals surface area (Å²) in [6, 6.07) is 10.2. The molecule has 0 radical (unpaired) electrons. The molecular formula is C14H20N2O. The van der Waals surface area contributed by atoms with E-state index in [4.69, 9.17) is 0 Å². The van der Waals surface area contributed by atoms with Gasteiger partial charge in [0, 0.05) is 13.1 Å². The Morgan fingerprint density at radius 1 is 1.41 bits per heavy atom. The first-order valence-electron chi connectivity index (χ1n) is 6.37. The van der Waals surface area contributed by atoms with E-state index < -0.39 is 0 Å². The first kappa shape index (κ1) is 12.1. The minimum atomic E-state index is 0.0404. The van der Waals surface area contributed by atoms with Crippen LogP contribution in [0.1, 0.15) is 25.3 Å². The number of carbonyl (C=O) groups is 1. The molecule has 0 bridgehead atoms. The molecule has 0 saturated carbocycles. The number of benzene rings is 1. The third-order valence-corrected chi connectivity index (χ3v) is 3.27. The van der Waals surface area contributed by atoms with Crippen molar-refractivity contribution in [3.05, 3.63) is 35.9 Å². The maximum Gasteiger partial charge on any atom is 0.239 e. The second kappa shape index (κ2) is 5.82. The van der Waals surface area contributed by atoms with Crippen molar-refractivity contribution in [2.24, 2.45) is 0 Å². The number of carbonyl (C=O) groups excluding carboxylic acids is 1. The van der Waals surface area contributed by atoms with Crippen LogP contribution in [0.5, 0.6) is 0 Å². The zero-order valence-corrected chi connectivity index (χ0v) is 10.4. The molecule has 92 valence electrons. The molecule has 1 aliphatic rings. The topological polar surface area (TPSA) is 32.3 Å². The molecule has 1 unspecified atom stereocenters. The van der Waals surface area contributed by atoms with Gasteiger partial charge in [-0.05, 0) is 31.9 Å². The summed E-state index contributed by atoms with van der Waals surface area (Å²) in [4.78, 5) is 14.2. The Kier molecular flexibility index (Phi) is 4.15. The first-order valence-corrected chi connectivity index (χ1v) is 6.37. The SMILES string of the molecule is CCN(Cc1ccccc1)C(=O)C1CCCN1. The van der Waals surface area contributed by atoms with Gasteiger partial charge in [-0.25, -0.2) is 0 Å². The molecule has 3 heteroatoms. The smallest absolute Gasteiger partial charge is 0.239 e. The molecule has 2 rings (SSSR count). The molecule has 1 aromatic carbocycles. The normalized spacial score (nSPS) is 19.2. The molecule has 1 atom stereocenters. The fourth-order valence-corrected chi connectivity index (χ4v) is 2.27. The van der Waals surface area contributed by atoms with Crippen LogP contribution in [0.2, 0.25) is 0 Å². The number of nitrogens with one attached hydrogen (secondary N) is 1.